The number of hydrogen-bond acceptors (Lipinski definition) is 1. The summed E-state index contributed by atoms with van der Waals surface area (Å²) >= 11 is 0. The van der Waals surface area contributed by atoms with Gasteiger partial charge in [0.2, 0.25) is 6.71 Å². The van der Waals surface area contributed by atoms with Crippen LogP contribution in [0.3, 0.4) is 0 Å². The molecule has 0 atom stereocenters. The molecule has 0 saturated heterocycles. The molecule has 0 amide bonds. The smallest absolute Gasteiger partial charge is 0.246 e. The van der Waals surface area contributed by atoms with Crippen molar-refractivity contribution in [3.8, 4) is 16.8 Å². The second-order valence-corrected chi connectivity index (χ2v) is 19.3. The van der Waals surface area contributed by atoms with Gasteiger partial charge in [0, 0.05) is 27.8 Å². The maximum absolute atomic E-state index is 2.64. The quantitative estimate of drug-likeness (QED) is 0.159. The van der Waals surface area contributed by atoms with Crippen LogP contribution < -0.4 is 21.3 Å². The van der Waals surface area contributed by atoms with Crippen LogP contribution in [0, 0.1) is 0 Å². The van der Waals surface area contributed by atoms with Gasteiger partial charge in [-0.15, -0.1) is 0 Å². The first-order chi connectivity index (χ1) is 29.0. The van der Waals surface area contributed by atoms with E-state index in [1.165, 1.54) is 99.8 Å². The van der Waals surface area contributed by atoms with Gasteiger partial charge in [0.25, 0.3) is 0 Å². The number of nitrogens with zero attached hydrogens (tertiary/aromatic N) is 2. The molecule has 2 aliphatic heterocycles. The summed E-state index contributed by atoms with van der Waals surface area (Å²) in [5, 5.41) is 2.54. The predicted octanol–water partition coefficient (Wildman–Crippen LogP) is 12.4. The van der Waals surface area contributed by atoms with Gasteiger partial charge >= 0.3 is 0 Å². The van der Waals surface area contributed by atoms with E-state index in [0.717, 1.165) is 5.69 Å². The Morgan fingerprint density at radius 3 is 1.63 bits per heavy atom. The Balaban J connectivity index is 1.22. The van der Waals surface area contributed by atoms with Gasteiger partial charge in [0.05, 0.1) is 22.1 Å². The summed E-state index contributed by atoms with van der Waals surface area (Å²) in [6.45, 7) is 14.1. The Hall–Kier alpha value is -6.58. The second kappa shape index (κ2) is 12.2. The monoisotopic (exact) mass is 770 g/mol. The summed E-state index contributed by atoms with van der Waals surface area (Å²) in [7, 11) is 0. The normalized spacial score (nSPS) is 14.6. The van der Waals surface area contributed by atoms with Gasteiger partial charge < -0.3 is 9.47 Å². The number of rotatable bonds is 2. The highest BCUT2D eigenvalue weighted by Gasteiger charge is 2.54. The van der Waals surface area contributed by atoms with Gasteiger partial charge in [-0.05, 0) is 96.6 Å². The first kappa shape index (κ1) is 35.4. The van der Waals surface area contributed by atoms with Gasteiger partial charge in [0.1, 0.15) is 0 Å². The van der Waals surface area contributed by atoms with Crippen molar-refractivity contribution in [3.05, 3.63) is 209 Å². The summed E-state index contributed by atoms with van der Waals surface area (Å²) in [6, 6.07) is 67.4. The van der Waals surface area contributed by atoms with Crippen LogP contribution in [0.25, 0.3) is 38.6 Å². The molecule has 3 aliphatic rings. The number of aromatic nitrogens is 1. The van der Waals surface area contributed by atoms with Crippen LogP contribution in [-0.4, -0.2) is 11.3 Å². The van der Waals surface area contributed by atoms with Gasteiger partial charge in [-0.2, -0.15) is 0 Å². The molecule has 0 N–H and O–H groups in total. The van der Waals surface area contributed by atoms with Crippen LogP contribution in [0.1, 0.15) is 74.9 Å². The first-order valence-corrected chi connectivity index (χ1v) is 21.6. The summed E-state index contributed by atoms with van der Waals surface area (Å²) in [4.78, 5) is 2.64. The molecule has 1 aliphatic carbocycles. The molecule has 0 saturated carbocycles. The second-order valence-electron chi connectivity index (χ2n) is 19.3. The minimum atomic E-state index is -0.533. The zero-order valence-corrected chi connectivity index (χ0v) is 35.2. The largest absolute Gasteiger partial charge is 0.311 e. The number of fused-ring (bicyclic) bond motifs is 14. The number of hydrogen-bond donors (Lipinski definition) is 0. The van der Waals surface area contributed by atoms with E-state index < -0.39 is 5.41 Å². The van der Waals surface area contributed by atoms with Crippen LogP contribution in [0.2, 0.25) is 0 Å². The highest BCUT2D eigenvalue weighted by atomic mass is 15.2. The highest BCUT2D eigenvalue weighted by Crippen LogP contribution is 2.64. The maximum Gasteiger partial charge on any atom is 0.246 e. The van der Waals surface area contributed by atoms with E-state index in [1.807, 2.05) is 0 Å². The van der Waals surface area contributed by atoms with Crippen LogP contribution in [-0.2, 0) is 16.2 Å². The molecule has 1 aromatic heterocycles. The van der Waals surface area contributed by atoms with Crippen LogP contribution >= 0.6 is 0 Å². The van der Waals surface area contributed by atoms with E-state index in [9.17, 15) is 0 Å². The maximum atomic E-state index is 2.64. The Kier molecular flexibility index (Phi) is 7.22. The predicted molar refractivity (Wildman–Crippen MR) is 255 cm³/mol. The molecule has 12 rings (SSSR count). The van der Waals surface area contributed by atoms with Gasteiger partial charge in [-0.3, -0.25) is 0 Å². The van der Waals surface area contributed by atoms with Crippen molar-refractivity contribution in [2.45, 2.75) is 57.8 Å². The fourth-order valence-electron chi connectivity index (χ4n) is 11.2. The molecule has 1 spiro atoms. The Morgan fingerprint density at radius 2 is 1.00 bits per heavy atom. The van der Waals surface area contributed by atoms with E-state index in [1.54, 1.807) is 0 Å². The molecule has 9 aromatic rings. The van der Waals surface area contributed by atoms with E-state index in [-0.39, 0.29) is 17.5 Å². The number of benzene rings is 8. The van der Waals surface area contributed by atoms with Crippen LogP contribution in [0.4, 0.5) is 17.1 Å². The molecule has 0 bridgehead atoms. The molecule has 8 aromatic carbocycles. The lowest BCUT2D eigenvalue weighted by Crippen LogP contribution is -2.59. The minimum absolute atomic E-state index is 0.0154. The third kappa shape index (κ3) is 4.66. The minimum Gasteiger partial charge on any atom is -0.311 e. The summed E-state index contributed by atoms with van der Waals surface area (Å²) < 4.78 is 2.47. The molecule has 0 fully saturated rings. The highest BCUT2D eigenvalue weighted by molar-refractivity contribution is 6.98. The molecule has 3 heteroatoms. The van der Waals surface area contributed by atoms with Gasteiger partial charge in [-0.1, -0.05) is 193 Å². The van der Waals surface area contributed by atoms with Crippen molar-refractivity contribution in [1.29, 1.82) is 0 Å². The third-order valence-corrected chi connectivity index (χ3v) is 14.0. The van der Waals surface area contributed by atoms with Crippen molar-refractivity contribution in [3.63, 3.8) is 0 Å². The fraction of sp³-hybridized carbons (Fsp3) is 0.158. The van der Waals surface area contributed by atoms with E-state index in [4.69, 9.17) is 0 Å². The molecule has 288 valence electrons. The van der Waals surface area contributed by atoms with Crippen molar-refractivity contribution in [2.75, 3.05) is 4.90 Å². The van der Waals surface area contributed by atoms with Crippen LogP contribution in [0.15, 0.2) is 176 Å². The number of para-hydroxylation sites is 4. The van der Waals surface area contributed by atoms with E-state index >= 15 is 0 Å². The summed E-state index contributed by atoms with van der Waals surface area (Å²) in [6.07, 6.45) is 0. The fourth-order valence-corrected chi connectivity index (χ4v) is 11.2. The molecule has 0 unspecified atom stereocenters. The van der Waals surface area contributed by atoms with Gasteiger partial charge in [-0.25, -0.2) is 0 Å². The molecule has 2 nitrogen and oxygen atoms in total. The van der Waals surface area contributed by atoms with Crippen molar-refractivity contribution in [1.82, 2.24) is 4.57 Å². The molecule has 60 heavy (non-hydrogen) atoms. The zero-order valence-electron chi connectivity index (χ0n) is 35.2. The lowest BCUT2D eigenvalue weighted by molar-refractivity contribution is 0.586. The third-order valence-electron chi connectivity index (χ3n) is 14.0. The Morgan fingerprint density at radius 1 is 0.433 bits per heavy atom. The van der Waals surface area contributed by atoms with Crippen molar-refractivity contribution in [2.24, 2.45) is 0 Å². The molecule has 0 radical (unpaired) electrons. The zero-order chi connectivity index (χ0) is 40.7. The van der Waals surface area contributed by atoms with E-state index in [2.05, 4.69) is 227 Å². The molecule has 3 heterocycles. The number of anilines is 3. The first-order valence-electron chi connectivity index (χ1n) is 21.6. The SMILES string of the molecule is CC(C)(C)c1ccc2c(c1)C1(c3cc(C(C)(C)C)ccc3-2)c2ccccc2N2c3cc(-n4c5ccccc5c5ccccc54)ccc3B(c3ccccc3)c3cccc1c32. The van der Waals surface area contributed by atoms with Crippen molar-refractivity contribution >= 4 is 62.0 Å². The lowest BCUT2D eigenvalue weighted by Gasteiger charge is -2.49. The van der Waals surface area contributed by atoms with Crippen molar-refractivity contribution < 1.29 is 0 Å². The standard InChI is InChI=1S/C57H47BN2/c1-55(2,3)36-27-30-40-41-31-28-37(56(4,5)6)34-47(41)57(46(40)33-36)44-21-12-15-26-52(44)60-53-35-39(59-50-24-13-10-19-42(50)43-20-11-14-25-51(43)59)29-32-48(53)58(38-17-8-7-9-18-38)49-23-16-22-45(57)54(49)60/h7-35H,1-6H3. The Bertz CT molecular complexity index is 3130. The van der Waals surface area contributed by atoms with E-state index in [0.29, 0.717) is 0 Å². The average Bonchev–Trinajstić information content (AvgIpc) is 3.75. The average molecular weight is 771 g/mol. The summed E-state index contributed by atoms with van der Waals surface area (Å²) in [5.74, 6) is 0. The Labute approximate surface area is 353 Å². The topological polar surface area (TPSA) is 8.17 Å². The summed E-state index contributed by atoms with van der Waals surface area (Å²) in [5.41, 5.74) is 21.6. The van der Waals surface area contributed by atoms with Gasteiger partial charge in [0.15, 0.2) is 0 Å². The molecular formula is C57H47BN2. The lowest BCUT2D eigenvalue weighted by atomic mass is 9.34. The molecular weight excluding hydrogens is 723 g/mol. The van der Waals surface area contributed by atoms with Crippen LogP contribution in [0.5, 0.6) is 0 Å².